The fourth-order valence-electron chi connectivity index (χ4n) is 2.60. The lowest BCUT2D eigenvalue weighted by Gasteiger charge is -2.34. The quantitative estimate of drug-likeness (QED) is 0.855. The van der Waals surface area contributed by atoms with Gasteiger partial charge in [0.15, 0.2) is 0 Å². The first kappa shape index (κ1) is 18.0. The molecule has 0 unspecified atom stereocenters. The number of methoxy groups -OCH3 is 2. The van der Waals surface area contributed by atoms with Gasteiger partial charge >= 0.3 is 0 Å². The predicted molar refractivity (Wildman–Crippen MR) is 87.6 cm³/mol. The summed E-state index contributed by atoms with van der Waals surface area (Å²) in [5.41, 5.74) is 6.78. The summed E-state index contributed by atoms with van der Waals surface area (Å²) in [4.78, 5) is 4.86. The number of halogens is 1. The maximum absolute atomic E-state index is 5.60. The maximum Gasteiger partial charge on any atom is 0.123 e. The molecule has 0 radical (unpaired) electrons. The summed E-state index contributed by atoms with van der Waals surface area (Å²) in [5.74, 6) is 1.80. The first-order valence-electron chi connectivity index (χ1n) is 7.12. The zero-order valence-corrected chi connectivity index (χ0v) is 13.7. The van der Waals surface area contributed by atoms with Crippen molar-refractivity contribution in [2.24, 2.45) is 5.73 Å². The van der Waals surface area contributed by atoms with Crippen LogP contribution < -0.4 is 15.2 Å². The number of rotatable bonds is 6. The zero-order valence-electron chi connectivity index (χ0n) is 12.9. The first-order chi connectivity index (χ1) is 9.76. The second kappa shape index (κ2) is 9.10. The van der Waals surface area contributed by atoms with E-state index in [2.05, 4.69) is 15.9 Å². The van der Waals surface area contributed by atoms with E-state index in [0.717, 1.165) is 57.3 Å². The van der Waals surface area contributed by atoms with Crippen molar-refractivity contribution in [2.45, 2.75) is 6.54 Å². The molecule has 0 amide bonds. The van der Waals surface area contributed by atoms with E-state index in [1.165, 1.54) is 5.56 Å². The van der Waals surface area contributed by atoms with Crippen LogP contribution in [-0.2, 0) is 6.54 Å². The van der Waals surface area contributed by atoms with Crippen molar-refractivity contribution >= 4 is 12.4 Å². The van der Waals surface area contributed by atoms with Crippen LogP contribution >= 0.6 is 12.4 Å². The monoisotopic (exact) mass is 315 g/mol. The second-order valence-corrected chi connectivity index (χ2v) is 5.08. The van der Waals surface area contributed by atoms with E-state index in [9.17, 15) is 0 Å². The highest BCUT2D eigenvalue weighted by Gasteiger charge is 2.17. The minimum Gasteiger partial charge on any atom is -0.497 e. The van der Waals surface area contributed by atoms with Crippen molar-refractivity contribution in [1.82, 2.24) is 9.80 Å². The van der Waals surface area contributed by atoms with Crippen LogP contribution in [0.5, 0.6) is 11.5 Å². The summed E-state index contributed by atoms with van der Waals surface area (Å²) in [6, 6.07) is 5.96. The highest BCUT2D eigenvalue weighted by molar-refractivity contribution is 5.85. The topological polar surface area (TPSA) is 51.0 Å². The van der Waals surface area contributed by atoms with Crippen LogP contribution in [-0.4, -0.2) is 63.3 Å². The van der Waals surface area contributed by atoms with Gasteiger partial charge in [-0.15, -0.1) is 12.4 Å². The number of nitrogens with zero attached hydrogens (tertiary/aromatic N) is 2. The lowest BCUT2D eigenvalue weighted by Crippen LogP contribution is -2.47. The fourth-order valence-corrected chi connectivity index (χ4v) is 2.60. The van der Waals surface area contributed by atoms with Gasteiger partial charge in [0.25, 0.3) is 0 Å². The number of piperazine rings is 1. The van der Waals surface area contributed by atoms with Gasteiger partial charge < -0.3 is 15.2 Å². The normalized spacial score (nSPS) is 16.3. The Labute approximate surface area is 133 Å². The van der Waals surface area contributed by atoms with E-state index in [0.29, 0.717) is 0 Å². The summed E-state index contributed by atoms with van der Waals surface area (Å²) in [7, 11) is 3.40. The van der Waals surface area contributed by atoms with Gasteiger partial charge in [-0.1, -0.05) is 0 Å². The van der Waals surface area contributed by atoms with Crippen molar-refractivity contribution in [3.8, 4) is 11.5 Å². The van der Waals surface area contributed by atoms with E-state index in [4.69, 9.17) is 15.2 Å². The van der Waals surface area contributed by atoms with Crippen LogP contribution in [0.4, 0.5) is 0 Å². The maximum atomic E-state index is 5.60. The number of ether oxygens (including phenoxy) is 2. The average molecular weight is 316 g/mol. The molecular formula is C15H26ClN3O2. The summed E-state index contributed by atoms with van der Waals surface area (Å²) in [6.07, 6.45) is 0. The molecule has 6 heteroatoms. The highest BCUT2D eigenvalue weighted by atomic mass is 35.5. The number of hydrogen-bond donors (Lipinski definition) is 1. The molecule has 1 aliphatic rings. The lowest BCUT2D eigenvalue weighted by molar-refractivity contribution is 0.129. The van der Waals surface area contributed by atoms with Gasteiger partial charge in [-0.05, 0) is 18.2 Å². The van der Waals surface area contributed by atoms with E-state index in [-0.39, 0.29) is 12.4 Å². The fraction of sp³-hybridized carbons (Fsp3) is 0.600. The molecular weight excluding hydrogens is 290 g/mol. The van der Waals surface area contributed by atoms with Crippen LogP contribution in [0.3, 0.4) is 0 Å². The molecule has 0 aliphatic carbocycles. The second-order valence-electron chi connectivity index (χ2n) is 5.08. The first-order valence-corrected chi connectivity index (χ1v) is 7.12. The average Bonchev–Trinajstić information content (AvgIpc) is 2.49. The van der Waals surface area contributed by atoms with Crippen molar-refractivity contribution in [2.75, 3.05) is 53.5 Å². The van der Waals surface area contributed by atoms with Crippen LogP contribution in [0.25, 0.3) is 0 Å². The van der Waals surface area contributed by atoms with E-state index in [1.54, 1.807) is 14.2 Å². The molecule has 0 saturated carbocycles. The largest absolute Gasteiger partial charge is 0.497 e. The molecule has 120 valence electrons. The van der Waals surface area contributed by atoms with Crippen molar-refractivity contribution < 1.29 is 9.47 Å². The molecule has 1 saturated heterocycles. The third kappa shape index (κ3) is 5.04. The Balaban J connectivity index is 0.00000220. The smallest absolute Gasteiger partial charge is 0.123 e. The van der Waals surface area contributed by atoms with Crippen molar-refractivity contribution in [3.05, 3.63) is 23.8 Å². The van der Waals surface area contributed by atoms with Gasteiger partial charge in [-0.3, -0.25) is 9.80 Å². The third-order valence-corrected chi connectivity index (χ3v) is 3.79. The molecule has 2 rings (SSSR count). The minimum atomic E-state index is 0. The molecule has 0 aromatic heterocycles. The Morgan fingerprint density at radius 3 is 2.29 bits per heavy atom. The van der Waals surface area contributed by atoms with Crippen LogP contribution in [0.1, 0.15) is 5.56 Å². The number of nitrogens with two attached hydrogens (primary N) is 1. The zero-order chi connectivity index (χ0) is 14.4. The summed E-state index contributed by atoms with van der Waals surface area (Å²) >= 11 is 0. The predicted octanol–water partition coefficient (Wildman–Crippen LogP) is 1.20. The van der Waals surface area contributed by atoms with Crippen LogP contribution in [0.2, 0.25) is 0 Å². The number of hydrogen-bond acceptors (Lipinski definition) is 5. The molecule has 1 aliphatic heterocycles. The summed E-state index contributed by atoms with van der Waals surface area (Å²) in [5, 5.41) is 0. The molecule has 0 bridgehead atoms. The molecule has 2 N–H and O–H groups in total. The Hall–Kier alpha value is -1.01. The third-order valence-electron chi connectivity index (χ3n) is 3.79. The molecule has 1 aromatic carbocycles. The minimum absolute atomic E-state index is 0. The van der Waals surface area contributed by atoms with Gasteiger partial charge in [0.2, 0.25) is 0 Å². The molecule has 1 heterocycles. The lowest BCUT2D eigenvalue weighted by atomic mass is 10.1. The van der Waals surface area contributed by atoms with E-state index in [1.807, 2.05) is 12.1 Å². The SMILES string of the molecule is COc1ccc(OC)c(CN2CCN(CCN)CC2)c1.Cl. The standard InChI is InChI=1S/C15H25N3O2.ClH/c1-19-14-3-4-15(20-2)13(11-14)12-18-9-7-17(6-5-16)8-10-18;/h3-4,11H,5-10,12,16H2,1-2H3;1H. The van der Waals surface area contributed by atoms with Gasteiger partial charge in [-0.25, -0.2) is 0 Å². The Bertz CT molecular complexity index is 423. The Morgan fingerprint density at radius 2 is 1.71 bits per heavy atom. The molecule has 21 heavy (non-hydrogen) atoms. The van der Waals surface area contributed by atoms with Crippen LogP contribution in [0, 0.1) is 0 Å². The molecule has 5 nitrogen and oxygen atoms in total. The Kier molecular flexibility index (Phi) is 7.82. The molecule has 1 fully saturated rings. The molecule has 1 aromatic rings. The molecule has 0 atom stereocenters. The van der Waals surface area contributed by atoms with Gasteiger partial charge in [0.1, 0.15) is 11.5 Å². The number of benzene rings is 1. The van der Waals surface area contributed by atoms with Crippen molar-refractivity contribution in [1.29, 1.82) is 0 Å². The van der Waals surface area contributed by atoms with Gasteiger partial charge in [0.05, 0.1) is 14.2 Å². The highest BCUT2D eigenvalue weighted by Crippen LogP contribution is 2.25. The van der Waals surface area contributed by atoms with Crippen LogP contribution in [0.15, 0.2) is 18.2 Å². The van der Waals surface area contributed by atoms with Gasteiger partial charge in [-0.2, -0.15) is 0 Å². The van der Waals surface area contributed by atoms with E-state index < -0.39 is 0 Å². The molecule has 0 spiro atoms. The Morgan fingerprint density at radius 1 is 1.05 bits per heavy atom. The summed E-state index contributed by atoms with van der Waals surface area (Å²) < 4.78 is 10.7. The summed E-state index contributed by atoms with van der Waals surface area (Å²) in [6.45, 7) is 6.95. The van der Waals surface area contributed by atoms with Crippen molar-refractivity contribution in [3.63, 3.8) is 0 Å². The van der Waals surface area contributed by atoms with E-state index >= 15 is 0 Å². The van der Waals surface area contributed by atoms with Gasteiger partial charge in [0, 0.05) is 51.4 Å².